The highest BCUT2D eigenvalue weighted by Crippen LogP contribution is 2.33. The number of carboxylic acids is 1. The Morgan fingerprint density at radius 1 is 1.00 bits per heavy atom. The van der Waals surface area contributed by atoms with E-state index in [0.717, 1.165) is 18.6 Å². The first-order valence-corrected chi connectivity index (χ1v) is 15.0. The Balaban J connectivity index is 1.31. The average molecular weight is 637 g/mol. The summed E-state index contributed by atoms with van der Waals surface area (Å²) in [5.41, 5.74) is 0.448. The van der Waals surface area contributed by atoms with Crippen LogP contribution in [0.15, 0.2) is 52.9 Å². The molecule has 0 aliphatic carbocycles. The molecule has 15 nitrogen and oxygen atoms in total. The van der Waals surface area contributed by atoms with Crippen molar-refractivity contribution in [3.63, 3.8) is 0 Å². The molecule has 2 aliphatic heterocycles. The van der Waals surface area contributed by atoms with Crippen molar-refractivity contribution in [2.75, 3.05) is 39.3 Å². The zero-order valence-corrected chi connectivity index (χ0v) is 25.3. The van der Waals surface area contributed by atoms with E-state index in [4.69, 9.17) is 9.15 Å². The van der Waals surface area contributed by atoms with Gasteiger partial charge in [0.15, 0.2) is 12.3 Å². The number of furan rings is 1. The number of nitrogens with zero attached hydrogens (tertiary/aromatic N) is 5. The van der Waals surface area contributed by atoms with Gasteiger partial charge < -0.3 is 39.4 Å². The molecule has 46 heavy (non-hydrogen) atoms. The van der Waals surface area contributed by atoms with Gasteiger partial charge in [0.1, 0.15) is 17.6 Å². The van der Waals surface area contributed by atoms with Crippen LogP contribution in [0.1, 0.15) is 53.7 Å². The standard InChI is InChI=1S/C31H36N6O9/c1-20-9-11-25(46-20)24-8-5-13-36(24)26(38)19-45-27-18-23(33-37(27)21-6-3-2-4-7-21)29(41)32-22(10-12-28(39)40)30(42)34-14-16-35(17-15-34)31(43)44/h2-4,6-7,9,11,18,22,24H,5,8,10,12-17,19H2,1H3,(H,32,41)(H,39,40)(H,43,44)/t22-,24?/m0/s1. The van der Waals surface area contributed by atoms with Gasteiger partial charge in [0.05, 0.1) is 11.7 Å². The smallest absolute Gasteiger partial charge is 0.407 e. The second kappa shape index (κ2) is 14.2. The summed E-state index contributed by atoms with van der Waals surface area (Å²) < 4.78 is 13.1. The maximum Gasteiger partial charge on any atom is 0.407 e. The van der Waals surface area contributed by atoms with Gasteiger partial charge in [0, 0.05) is 45.2 Å². The van der Waals surface area contributed by atoms with Crippen molar-refractivity contribution in [3.05, 3.63) is 65.7 Å². The summed E-state index contributed by atoms with van der Waals surface area (Å²) >= 11 is 0. The van der Waals surface area contributed by atoms with Crippen molar-refractivity contribution >= 4 is 29.8 Å². The summed E-state index contributed by atoms with van der Waals surface area (Å²) in [6.07, 6.45) is -0.0657. The van der Waals surface area contributed by atoms with E-state index in [2.05, 4.69) is 10.4 Å². The van der Waals surface area contributed by atoms with Crippen molar-refractivity contribution < 1.29 is 43.3 Å². The molecule has 4 heterocycles. The van der Waals surface area contributed by atoms with Crippen molar-refractivity contribution in [1.29, 1.82) is 0 Å². The van der Waals surface area contributed by atoms with Gasteiger partial charge in [-0.1, -0.05) is 18.2 Å². The number of aryl methyl sites for hydroxylation is 1. The number of benzene rings is 1. The minimum Gasteiger partial charge on any atom is -0.481 e. The molecule has 0 spiro atoms. The van der Waals surface area contributed by atoms with E-state index in [1.807, 2.05) is 25.1 Å². The minimum absolute atomic E-state index is 0.0981. The molecule has 2 fully saturated rings. The number of aromatic nitrogens is 2. The molecule has 2 saturated heterocycles. The fourth-order valence-electron chi connectivity index (χ4n) is 5.64. The molecule has 1 aromatic carbocycles. The van der Waals surface area contributed by atoms with Gasteiger partial charge in [-0.3, -0.25) is 19.2 Å². The molecule has 3 aromatic rings. The van der Waals surface area contributed by atoms with E-state index < -0.39 is 29.9 Å². The molecule has 1 unspecified atom stereocenters. The number of nitrogens with one attached hydrogen (secondary N) is 1. The van der Waals surface area contributed by atoms with Crippen LogP contribution >= 0.6 is 0 Å². The first kappa shape index (κ1) is 32.1. The molecule has 5 rings (SSSR count). The van der Waals surface area contributed by atoms with Gasteiger partial charge in [-0.15, -0.1) is 0 Å². The third-order valence-electron chi connectivity index (χ3n) is 8.03. The number of aliphatic carboxylic acids is 1. The first-order chi connectivity index (χ1) is 22.1. The fraction of sp³-hybridized carbons (Fsp3) is 0.419. The van der Waals surface area contributed by atoms with Crippen molar-refractivity contribution in [3.8, 4) is 11.6 Å². The number of likely N-dealkylation sites (tertiary alicyclic amines) is 1. The number of carbonyl (C=O) groups is 5. The van der Waals surface area contributed by atoms with Crippen molar-refractivity contribution in [2.45, 2.75) is 44.7 Å². The number of carbonyl (C=O) groups excluding carboxylic acids is 3. The van der Waals surface area contributed by atoms with Crippen molar-refractivity contribution in [1.82, 2.24) is 29.8 Å². The number of hydrogen-bond donors (Lipinski definition) is 3. The Hall–Kier alpha value is -5.34. The lowest BCUT2D eigenvalue weighted by molar-refractivity contribution is -0.138. The highest BCUT2D eigenvalue weighted by Gasteiger charge is 2.33. The molecule has 2 atom stereocenters. The number of amides is 4. The summed E-state index contributed by atoms with van der Waals surface area (Å²) in [7, 11) is 0. The molecule has 3 N–H and O–H groups in total. The third-order valence-corrected chi connectivity index (χ3v) is 8.03. The Bertz CT molecular complexity index is 1580. The molecule has 0 bridgehead atoms. The van der Waals surface area contributed by atoms with E-state index in [1.54, 1.807) is 29.2 Å². The normalized spacial score (nSPS) is 17.1. The molecular formula is C31H36N6O9. The monoisotopic (exact) mass is 636 g/mol. The van der Waals surface area contributed by atoms with Crippen molar-refractivity contribution in [2.24, 2.45) is 0 Å². The molecule has 244 valence electrons. The second-order valence-electron chi connectivity index (χ2n) is 11.2. The third kappa shape index (κ3) is 7.47. The maximum absolute atomic E-state index is 13.4. The SMILES string of the molecule is Cc1ccc(C2CCCN2C(=O)COc2cc(C(=O)N[C@@H](CCC(=O)O)C(=O)N3CCN(C(=O)O)CC3)nn2-c2ccccc2)o1. The summed E-state index contributed by atoms with van der Waals surface area (Å²) in [5, 5.41) is 25.5. The first-order valence-electron chi connectivity index (χ1n) is 15.0. The van der Waals surface area contributed by atoms with Crippen LogP contribution in [0, 0.1) is 6.92 Å². The van der Waals surface area contributed by atoms with Crippen LogP contribution in [0.5, 0.6) is 5.88 Å². The number of hydrogen-bond acceptors (Lipinski definition) is 8. The van der Waals surface area contributed by atoms with E-state index >= 15 is 0 Å². The summed E-state index contributed by atoms with van der Waals surface area (Å²) in [5.74, 6) is -1.07. The van der Waals surface area contributed by atoms with E-state index in [0.29, 0.717) is 18.0 Å². The Kier molecular flexibility index (Phi) is 9.88. The van der Waals surface area contributed by atoms with Gasteiger partial charge in [0.2, 0.25) is 11.8 Å². The van der Waals surface area contributed by atoms with Crippen LogP contribution in [0.4, 0.5) is 4.79 Å². The average Bonchev–Trinajstić information content (AvgIpc) is 3.82. The molecule has 0 saturated carbocycles. The summed E-state index contributed by atoms with van der Waals surface area (Å²) in [4.78, 5) is 66.9. The number of piperazine rings is 1. The highest BCUT2D eigenvalue weighted by atomic mass is 16.5. The van der Waals surface area contributed by atoms with Crippen LogP contribution in [0.25, 0.3) is 5.69 Å². The lowest BCUT2D eigenvalue weighted by Gasteiger charge is -2.35. The molecular weight excluding hydrogens is 600 g/mol. The van der Waals surface area contributed by atoms with Gasteiger partial charge in [0.25, 0.3) is 11.8 Å². The quantitative estimate of drug-likeness (QED) is 0.282. The second-order valence-corrected chi connectivity index (χ2v) is 11.2. The van der Waals surface area contributed by atoms with Crippen LogP contribution in [0.2, 0.25) is 0 Å². The molecule has 2 aliphatic rings. The lowest BCUT2D eigenvalue weighted by Crippen LogP contribution is -2.55. The van der Waals surface area contributed by atoms with Gasteiger partial charge in [-0.2, -0.15) is 5.10 Å². The topological polar surface area (TPSA) is 188 Å². The van der Waals surface area contributed by atoms with E-state index in [-0.39, 0.29) is 69.2 Å². The zero-order chi connectivity index (χ0) is 32.8. The van der Waals surface area contributed by atoms with Gasteiger partial charge >= 0.3 is 12.1 Å². The Labute approximate surface area is 264 Å². The predicted molar refractivity (Wildman–Crippen MR) is 160 cm³/mol. The highest BCUT2D eigenvalue weighted by molar-refractivity contribution is 5.96. The number of ether oxygens (including phenoxy) is 1. The molecule has 2 aromatic heterocycles. The van der Waals surface area contributed by atoms with E-state index in [9.17, 15) is 34.2 Å². The van der Waals surface area contributed by atoms with Crippen LogP contribution in [-0.2, 0) is 14.4 Å². The van der Waals surface area contributed by atoms with Crippen LogP contribution in [0.3, 0.4) is 0 Å². The fourth-order valence-corrected chi connectivity index (χ4v) is 5.64. The molecule has 15 heteroatoms. The van der Waals surface area contributed by atoms with Gasteiger partial charge in [-0.25, -0.2) is 9.48 Å². The lowest BCUT2D eigenvalue weighted by atomic mass is 10.1. The molecule has 4 amide bonds. The summed E-state index contributed by atoms with van der Waals surface area (Å²) in [6.45, 7) is 2.49. The Morgan fingerprint density at radius 2 is 1.72 bits per heavy atom. The van der Waals surface area contributed by atoms with Gasteiger partial charge in [-0.05, 0) is 50.5 Å². The maximum atomic E-state index is 13.4. The van der Waals surface area contributed by atoms with E-state index in [1.165, 1.54) is 20.5 Å². The zero-order valence-electron chi connectivity index (χ0n) is 25.3. The molecule has 0 radical (unpaired) electrons. The summed E-state index contributed by atoms with van der Waals surface area (Å²) in [6, 6.07) is 12.5. The predicted octanol–water partition coefficient (Wildman–Crippen LogP) is 2.30. The number of rotatable bonds is 11. The van der Waals surface area contributed by atoms with Crippen LogP contribution in [-0.4, -0.2) is 110 Å². The largest absolute Gasteiger partial charge is 0.481 e. The Morgan fingerprint density at radius 3 is 2.37 bits per heavy atom. The number of carboxylic acid groups (broad SMARTS) is 2. The minimum atomic E-state index is -1.19. The van der Waals surface area contributed by atoms with Crippen LogP contribution < -0.4 is 10.1 Å². The number of para-hydroxylation sites is 1.